The van der Waals surface area contributed by atoms with Crippen LogP contribution in [0, 0.1) is 0 Å². The molecule has 2 atom stereocenters. The summed E-state index contributed by atoms with van der Waals surface area (Å²) >= 11 is 3.35. The normalized spacial score (nSPS) is 19.2. The molecule has 148 valence electrons. The zero-order valence-electron chi connectivity index (χ0n) is 16.1. The van der Waals surface area contributed by atoms with Gasteiger partial charge in [0.25, 0.3) is 5.91 Å². The number of carbonyl (C=O) groups excluding carboxylic acids is 2. The van der Waals surface area contributed by atoms with Gasteiger partial charge in [0.1, 0.15) is 11.5 Å². The fraction of sp³-hybridized carbons (Fsp3) is 0.364. The lowest BCUT2D eigenvalue weighted by Crippen LogP contribution is -2.49. The maximum atomic E-state index is 12.5. The number of benzene rings is 2. The number of nitrogens with zero attached hydrogens (tertiary/aromatic N) is 1. The Morgan fingerprint density at radius 2 is 1.68 bits per heavy atom. The highest BCUT2D eigenvalue weighted by molar-refractivity contribution is 9.10. The molecule has 1 aliphatic rings. The summed E-state index contributed by atoms with van der Waals surface area (Å²) in [5.41, 5.74) is 0.410. The van der Waals surface area contributed by atoms with Gasteiger partial charge in [-0.15, -0.1) is 0 Å². The van der Waals surface area contributed by atoms with Crippen molar-refractivity contribution in [3.05, 3.63) is 58.6 Å². The van der Waals surface area contributed by atoms with Crippen molar-refractivity contribution < 1.29 is 19.1 Å². The third-order valence-corrected chi connectivity index (χ3v) is 5.63. The predicted octanol–water partition coefficient (Wildman–Crippen LogP) is 4.84. The highest BCUT2D eigenvalue weighted by atomic mass is 79.9. The first kappa shape index (κ1) is 20.4. The second-order valence-corrected chi connectivity index (χ2v) is 7.92. The van der Waals surface area contributed by atoms with Gasteiger partial charge in [0.15, 0.2) is 6.61 Å². The number of amides is 1. The smallest absolute Gasteiger partial charge is 0.343 e. The Hall–Kier alpha value is -2.34. The molecule has 1 fully saturated rings. The van der Waals surface area contributed by atoms with Gasteiger partial charge in [-0.3, -0.25) is 4.79 Å². The van der Waals surface area contributed by atoms with Crippen LogP contribution in [0.15, 0.2) is 53.0 Å². The molecule has 28 heavy (non-hydrogen) atoms. The van der Waals surface area contributed by atoms with E-state index in [4.69, 9.17) is 9.47 Å². The standard InChI is InChI=1S/C22H24BrNO4/c1-15-6-5-7-16(2)24(15)21(25)14-27-18-12-10-17(11-13-18)22(26)28-20-9-4-3-8-19(20)23/h3-4,8-13,15-16H,5-7,14H2,1-2H3/t15-,16+. The number of piperidine rings is 1. The maximum absolute atomic E-state index is 12.5. The van der Waals surface area contributed by atoms with Gasteiger partial charge >= 0.3 is 5.97 Å². The van der Waals surface area contributed by atoms with Crippen LogP contribution >= 0.6 is 15.9 Å². The third-order valence-electron chi connectivity index (χ3n) is 4.97. The summed E-state index contributed by atoms with van der Waals surface area (Å²) in [5, 5.41) is 0. The molecule has 0 bridgehead atoms. The van der Waals surface area contributed by atoms with Gasteiger partial charge in [-0.25, -0.2) is 4.79 Å². The molecule has 0 saturated carbocycles. The first-order valence-corrected chi connectivity index (χ1v) is 10.3. The van der Waals surface area contributed by atoms with Gasteiger partial charge in [-0.2, -0.15) is 0 Å². The molecule has 0 aromatic heterocycles. The first-order valence-electron chi connectivity index (χ1n) is 9.46. The average Bonchev–Trinajstić information content (AvgIpc) is 2.68. The van der Waals surface area contributed by atoms with Crippen LogP contribution in [0.4, 0.5) is 0 Å². The number of para-hydroxylation sites is 1. The number of rotatable bonds is 5. The quantitative estimate of drug-likeness (QED) is 0.488. The summed E-state index contributed by atoms with van der Waals surface area (Å²) in [6.07, 6.45) is 3.22. The number of esters is 1. The number of halogens is 1. The third kappa shape index (κ3) is 4.93. The van der Waals surface area contributed by atoms with Crippen LogP contribution in [0.3, 0.4) is 0 Å². The van der Waals surface area contributed by atoms with Gasteiger partial charge in [0, 0.05) is 12.1 Å². The molecule has 2 aromatic carbocycles. The topological polar surface area (TPSA) is 55.8 Å². The molecule has 0 aliphatic carbocycles. The Morgan fingerprint density at radius 1 is 1.04 bits per heavy atom. The molecular formula is C22H24BrNO4. The van der Waals surface area contributed by atoms with Gasteiger partial charge in [-0.05, 0) is 85.4 Å². The second-order valence-electron chi connectivity index (χ2n) is 7.06. The maximum Gasteiger partial charge on any atom is 0.343 e. The highest BCUT2D eigenvalue weighted by Gasteiger charge is 2.28. The van der Waals surface area contributed by atoms with Crippen LogP contribution in [0.2, 0.25) is 0 Å². The average molecular weight is 446 g/mol. The fourth-order valence-electron chi connectivity index (χ4n) is 3.51. The van der Waals surface area contributed by atoms with Crippen molar-refractivity contribution in [1.29, 1.82) is 0 Å². The zero-order chi connectivity index (χ0) is 20.1. The molecule has 0 N–H and O–H groups in total. The lowest BCUT2D eigenvalue weighted by Gasteiger charge is -2.38. The first-order chi connectivity index (χ1) is 13.5. The van der Waals surface area contributed by atoms with Gasteiger partial charge in [0.05, 0.1) is 10.0 Å². The zero-order valence-corrected chi connectivity index (χ0v) is 17.6. The molecule has 0 spiro atoms. The van der Waals surface area contributed by atoms with E-state index >= 15 is 0 Å². The van der Waals surface area contributed by atoms with Crippen LogP contribution in [0.25, 0.3) is 0 Å². The Kier molecular flexibility index (Phi) is 6.73. The Labute approximate surface area is 173 Å². The van der Waals surface area contributed by atoms with Crippen molar-refractivity contribution in [2.24, 2.45) is 0 Å². The Bertz CT molecular complexity index is 827. The minimum absolute atomic E-state index is 0.00267. The van der Waals surface area contributed by atoms with E-state index in [0.717, 1.165) is 19.3 Å². The Balaban J connectivity index is 1.56. The van der Waals surface area contributed by atoms with Gasteiger partial charge < -0.3 is 14.4 Å². The van der Waals surface area contributed by atoms with Crippen molar-refractivity contribution in [3.8, 4) is 11.5 Å². The largest absolute Gasteiger partial charge is 0.484 e. The molecule has 0 radical (unpaired) electrons. The minimum atomic E-state index is -0.453. The van der Waals surface area contributed by atoms with Gasteiger partial charge in [0.2, 0.25) is 0 Å². The molecule has 5 nitrogen and oxygen atoms in total. The summed E-state index contributed by atoms with van der Waals surface area (Å²) in [5.74, 6) is 0.550. The summed E-state index contributed by atoms with van der Waals surface area (Å²) in [6, 6.07) is 14.3. The van der Waals surface area contributed by atoms with Crippen molar-refractivity contribution in [3.63, 3.8) is 0 Å². The molecule has 1 heterocycles. The van der Waals surface area contributed by atoms with Crippen molar-refractivity contribution in [2.45, 2.75) is 45.2 Å². The number of ether oxygens (including phenoxy) is 2. The number of carbonyl (C=O) groups is 2. The molecule has 0 unspecified atom stereocenters. The SMILES string of the molecule is C[C@@H]1CCC[C@H](C)N1C(=O)COc1ccc(C(=O)Oc2ccccc2Br)cc1. The molecule has 1 aliphatic heterocycles. The lowest BCUT2D eigenvalue weighted by atomic mass is 9.97. The molecule has 6 heteroatoms. The molecule has 1 amide bonds. The lowest BCUT2D eigenvalue weighted by molar-refractivity contribution is -0.139. The van der Waals surface area contributed by atoms with Crippen LogP contribution in [0.5, 0.6) is 11.5 Å². The number of likely N-dealkylation sites (tertiary alicyclic amines) is 1. The predicted molar refractivity (Wildman–Crippen MR) is 111 cm³/mol. The number of hydrogen-bond acceptors (Lipinski definition) is 4. The van der Waals surface area contributed by atoms with Crippen LogP contribution in [-0.2, 0) is 4.79 Å². The molecule has 3 rings (SSSR count). The van der Waals surface area contributed by atoms with Crippen LogP contribution < -0.4 is 9.47 Å². The van der Waals surface area contributed by atoms with Crippen molar-refractivity contribution in [1.82, 2.24) is 4.90 Å². The van der Waals surface area contributed by atoms with E-state index in [1.54, 1.807) is 42.5 Å². The highest BCUT2D eigenvalue weighted by Crippen LogP contribution is 2.25. The van der Waals surface area contributed by atoms with E-state index in [-0.39, 0.29) is 24.6 Å². The van der Waals surface area contributed by atoms with Crippen LogP contribution in [-0.4, -0.2) is 35.5 Å². The summed E-state index contributed by atoms with van der Waals surface area (Å²) in [7, 11) is 0. The fourth-order valence-corrected chi connectivity index (χ4v) is 3.87. The van der Waals surface area contributed by atoms with E-state index in [9.17, 15) is 9.59 Å². The monoisotopic (exact) mass is 445 g/mol. The summed E-state index contributed by atoms with van der Waals surface area (Å²) < 4.78 is 11.7. The molecule has 2 aromatic rings. The van der Waals surface area contributed by atoms with Crippen LogP contribution in [0.1, 0.15) is 43.5 Å². The van der Waals surface area contributed by atoms with Crippen molar-refractivity contribution >= 4 is 27.8 Å². The van der Waals surface area contributed by atoms with E-state index in [2.05, 4.69) is 29.8 Å². The van der Waals surface area contributed by atoms with Gasteiger partial charge in [-0.1, -0.05) is 12.1 Å². The van der Waals surface area contributed by atoms with E-state index < -0.39 is 5.97 Å². The molecular weight excluding hydrogens is 422 g/mol. The Morgan fingerprint density at radius 3 is 2.32 bits per heavy atom. The molecule has 1 saturated heterocycles. The number of hydrogen-bond donors (Lipinski definition) is 0. The summed E-state index contributed by atoms with van der Waals surface area (Å²) in [6.45, 7) is 4.16. The van der Waals surface area contributed by atoms with Crippen molar-refractivity contribution in [2.75, 3.05) is 6.61 Å². The van der Waals surface area contributed by atoms with E-state index in [1.807, 2.05) is 11.0 Å². The van der Waals surface area contributed by atoms with E-state index in [0.29, 0.717) is 21.5 Å². The minimum Gasteiger partial charge on any atom is -0.484 e. The van der Waals surface area contributed by atoms with E-state index in [1.165, 1.54) is 0 Å². The second kappa shape index (κ2) is 9.24. The summed E-state index contributed by atoms with van der Waals surface area (Å²) in [4.78, 5) is 26.7.